The van der Waals surface area contributed by atoms with Crippen LogP contribution in [0.1, 0.15) is 17.5 Å². The molecule has 0 aliphatic carbocycles. The average Bonchev–Trinajstić information content (AvgIpc) is 3.00. The summed E-state index contributed by atoms with van der Waals surface area (Å²) < 4.78 is 10.8. The van der Waals surface area contributed by atoms with Crippen LogP contribution in [-0.4, -0.2) is 25.0 Å². The van der Waals surface area contributed by atoms with Crippen LogP contribution in [0.2, 0.25) is 5.02 Å². The van der Waals surface area contributed by atoms with E-state index in [2.05, 4.69) is 10.6 Å². The van der Waals surface area contributed by atoms with E-state index < -0.39 is 5.91 Å². The summed E-state index contributed by atoms with van der Waals surface area (Å²) in [5, 5.41) is 6.64. The van der Waals surface area contributed by atoms with E-state index in [1.165, 1.54) is 0 Å². The molecule has 7 heteroatoms. The number of halogens is 1. The van der Waals surface area contributed by atoms with E-state index in [4.69, 9.17) is 20.8 Å². The van der Waals surface area contributed by atoms with Crippen LogP contribution in [0.25, 0.3) is 11.0 Å². The number of hydrogen-bond acceptors (Lipinski definition) is 4. The number of hydrogen-bond donors (Lipinski definition) is 2. The summed E-state index contributed by atoms with van der Waals surface area (Å²) in [5.74, 6) is -0.819. The average molecular weight is 373 g/mol. The quantitative estimate of drug-likeness (QED) is 0.675. The number of furan rings is 1. The first-order chi connectivity index (χ1) is 12.6. The summed E-state index contributed by atoms with van der Waals surface area (Å²) in [6.07, 6.45) is 0. The summed E-state index contributed by atoms with van der Waals surface area (Å²) in [6.45, 7) is 2.11. The second-order valence-electron chi connectivity index (χ2n) is 5.45. The number of anilines is 2. The zero-order chi connectivity index (χ0) is 18.5. The summed E-state index contributed by atoms with van der Waals surface area (Å²) in [5.41, 5.74) is 1.38. The van der Waals surface area contributed by atoms with Gasteiger partial charge in [-0.3, -0.25) is 9.59 Å². The molecular formula is C19H17ClN2O4. The molecule has 0 atom stereocenters. The van der Waals surface area contributed by atoms with Crippen LogP contribution in [0.4, 0.5) is 11.4 Å². The predicted octanol–water partition coefficient (Wildman–Crippen LogP) is 4.31. The SMILES string of the molecule is CCOCC(=O)Nc1c(C(=O)Nc2ccc(Cl)cc2)oc2ccccc12. The molecule has 2 N–H and O–H groups in total. The van der Waals surface area contributed by atoms with E-state index in [0.717, 1.165) is 0 Å². The van der Waals surface area contributed by atoms with E-state index in [-0.39, 0.29) is 18.3 Å². The van der Waals surface area contributed by atoms with Crippen LogP contribution in [0.5, 0.6) is 0 Å². The minimum absolute atomic E-state index is 0.0194. The number of carbonyl (C=O) groups is 2. The Bertz CT molecular complexity index is 934. The number of ether oxygens (including phenoxy) is 1. The van der Waals surface area contributed by atoms with Crippen molar-refractivity contribution < 1.29 is 18.7 Å². The maximum atomic E-state index is 12.7. The maximum absolute atomic E-state index is 12.7. The third-order valence-electron chi connectivity index (χ3n) is 3.61. The molecule has 0 radical (unpaired) electrons. The minimum atomic E-state index is -0.477. The van der Waals surface area contributed by atoms with Crippen LogP contribution in [0.3, 0.4) is 0 Å². The van der Waals surface area contributed by atoms with Gasteiger partial charge in [0.25, 0.3) is 5.91 Å². The third-order valence-corrected chi connectivity index (χ3v) is 3.86. The number of nitrogens with one attached hydrogen (secondary N) is 2. The molecule has 0 aliphatic rings. The molecule has 0 aliphatic heterocycles. The molecule has 2 amide bonds. The molecule has 1 aromatic heterocycles. The Morgan fingerprint density at radius 2 is 1.81 bits per heavy atom. The summed E-state index contributed by atoms with van der Waals surface area (Å²) in [6, 6.07) is 13.8. The van der Waals surface area contributed by atoms with Gasteiger partial charge in [-0.05, 0) is 43.3 Å². The molecule has 3 aromatic rings. The Morgan fingerprint density at radius 3 is 2.54 bits per heavy atom. The topological polar surface area (TPSA) is 80.6 Å². The molecule has 26 heavy (non-hydrogen) atoms. The largest absolute Gasteiger partial charge is 0.449 e. The zero-order valence-corrected chi connectivity index (χ0v) is 14.8. The van der Waals surface area contributed by atoms with Gasteiger partial charge in [0.15, 0.2) is 0 Å². The molecule has 0 saturated carbocycles. The molecule has 0 saturated heterocycles. The van der Waals surface area contributed by atoms with Crippen LogP contribution >= 0.6 is 11.6 Å². The van der Waals surface area contributed by atoms with Crippen molar-refractivity contribution in [1.82, 2.24) is 0 Å². The number of rotatable bonds is 6. The van der Waals surface area contributed by atoms with Crippen molar-refractivity contribution in [1.29, 1.82) is 0 Å². The molecule has 0 bridgehead atoms. The molecule has 0 unspecified atom stereocenters. The molecular weight excluding hydrogens is 356 g/mol. The molecule has 1 heterocycles. The highest BCUT2D eigenvalue weighted by Gasteiger charge is 2.22. The van der Waals surface area contributed by atoms with E-state index in [1.54, 1.807) is 55.5 Å². The van der Waals surface area contributed by atoms with Crippen molar-refractivity contribution >= 4 is 45.8 Å². The van der Waals surface area contributed by atoms with Gasteiger partial charge >= 0.3 is 0 Å². The van der Waals surface area contributed by atoms with Gasteiger partial charge in [0.05, 0.1) is 0 Å². The fourth-order valence-corrected chi connectivity index (χ4v) is 2.55. The normalized spacial score (nSPS) is 10.7. The van der Waals surface area contributed by atoms with E-state index in [9.17, 15) is 9.59 Å². The van der Waals surface area contributed by atoms with Gasteiger partial charge in [-0.15, -0.1) is 0 Å². The lowest BCUT2D eigenvalue weighted by Crippen LogP contribution is -2.20. The van der Waals surface area contributed by atoms with Crippen molar-refractivity contribution in [2.75, 3.05) is 23.8 Å². The molecule has 2 aromatic carbocycles. The fraction of sp³-hybridized carbons (Fsp3) is 0.158. The van der Waals surface area contributed by atoms with Crippen molar-refractivity contribution in [2.24, 2.45) is 0 Å². The van der Waals surface area contributed by atoms with Gasteiger partial charge in [0.1, 0.15) is 17.9 Å². The smallest absolute Gasteiger partial charge is 0.293 e. The number of fused-ring (bicyclic) bond motifs is 1. The highest BCUT2D eigenvalue weighted by atomic mass is 35.5. The fourth-order valence-electron chi connectivity index (χ4n) is 2.42. The van der Waals surface area contributed by atoms with Gasteiger partial charge in [0, 0.05) is 22.7 Å². The van der Waals surface area contributed by atoms with Crippen molar-refractivity contribution in [3.8, 4) is 0 Å². The van der Waals surface area contributed by atoms with E-state index in [0.29, 0.717) is 34.0 Å². The lowest BCUT2D eigenvalue weighted by Gasteiger charge is -2.07. The Kier molecular flexibility index (Phi) is 5.55. The molecule has 3 rings (SSSR count). The summed E-state index contributed by atoms with van der Waals surface area (Å²) >= 11 is 5.85. The molecule has 0 spiro atoms. The maximum Gasteiger partial charge on any atom is 0.293 e. The second kappa shape index (κ2) is 8.03. The van der Waals surface area contributed by atoms with Gasteiger partial charge in [0.2, 0.25) is 11.7 Å². The number of amides is 2. The number of para-hydroxylation sites is 1. The van der Waals surface area contributed by atoms with Crippen LogP contribution < -0.4 is 10.6 Å². The monoisotopic (exact) mass is 372 g/mol. The molecule has 6 nitrogen and oxygen atoms in total. The van der Waals surface area contributed by atoms with Crippen molar-refractivity contribution in [2.45, 2.75) is 6.92 Å². The Hall–Kier alpha value is -2.83. The molecule has 134 valence electrons. The highest BCUT2D eigenvalue weighted by Crippen LogP contribution is 2.31. The Morgan fingerprint density at radius 1 is 1.08 bits per heavy atom. The first-order valence-corrected chi connectivity index (χ1v) is 8.42. The Labute approximate surface area is 155 Å². The van der Waals surface area contributed by atoms with Crippen LogP contribution in [0, 0.1) is 0 Å². The Balaban J connectivity index is 1.90. The minimum Gasteiger partial charge on any atom is -0.449 e. The second-order valence-corrected chi connectivity index (χ2v) is 5.89. The lowest BCUT2D eigenvalue weighted by molar-refractivity contribution is -0.120. The first kappa shape index (κ1) is 18.0. The third kappa shape index (κ3) is 4.04. The van der Waals surface area contributed by atoms with E-state index >= 15 is 0 Å². The van der Waals surface area contributed by atoms with Gasteiger partial charge in [-0.2, -0.15) is 0 Å². The van der Waals surface area contributed by atoms with Gasteiger partial charge in [-0.1, -0.05) is 23.7 Å². The predicted molar refractivity (Wildman–Crippen MR) is 101 cm³/mol. The van der Waals surface area contributed by atoms with Gasteiger partial charge < -0.3 is 19.8 Å². The van der Waals surface area contributed by atoms with Gasteiger partial charge in [-0.25, -0.2) is 0 Å². The highest BCUT2D eigenvalue weighted by molar-refractivity contribution is 6.30. The summed E-state index contributed by atoms with van der Waals surface area (Å²) in [4.78, 5) is 24.7. The lowest BCUT2D eigenvalue weighted by atomic mass is 10.2. The number of benzene rings is 2. The van der Waals surface area contributed by atoms with E-state index in [1.807, 2.05) is 0 Å². The van der Waals surface area contributed by atoms with Crippen molar-refractivity contribution in [3.05, 3.63) is 59.3 Å². The standard InChI is InChI=1S/C19H17ClN2O4/c1-2-25-11-16(23)22-17-14-5-3-4-6-15(14)26-18(17)19(24)21-13-9-7-12(20)8-10-13/h3-10H,2,11H2,1H3,(H,21,24)(H,22,23). The van der Waals surface area contributed by atoms with Crippen LogP contribution in [0.15, 0.2) is 52.9 Å². The first-order valence-electron chi connectivity index (χ1n) is 8.04. The molecule has 0 fully saturated rings. The van der Waals surface area contributed by atoms with Crippen LogP contribution in [-0.2, 0) is 9.53 Å². The number of carbonyl (C=O) groups excluding carboxylic acids is 2. The summed E-state index contributed by atoms with van der Waals surface area (Å²) in [7, 11) is 0. The zero-order valence-electron chi connectivity index (χ0n) is 14.0. The van der Waals surface area contributed by atoms with Crippen molar-refractivity contribution in [3.63, 3.8) is 0 Å².